The molecule has 0 heterocycles. The summed E-state index contributed by atoms with van der Waals surface area (Å²) in [6, 6.07) is 3.65. The van der Waals surface area contributed by atoms with Crippen molar-refractivity contribution < 1.29 is 17.9 Å². The Morgan fingerprint density at radius 3 is 2.40 bits per heavy atom. The highest BCUT2D eigenvalue weighted by Crippen LogP contribution is 2.23. The minimum Gasteiger partial charge on any atom is -0.468 e. The minimum absolute atomic E-state index is 0.0562. The van der Waals surface area contributed by atoms with E-state index in [0.29, 0.717) is 0 Å². The molecular weight excluding hydrogens is 302 g/mol. The summed E-state index contributed by atoms with van der Waals surface area (Å²) in [4.78, 5) is 11.6. The molecule has 0 aliphatic heterocycles. The Labute approximate surface area is 124 Å². The number of halogens is 1. The van der Waals surface area contributed by atoms with E-state index in [2.05, 4.69) is 9.46 Å². The summed E-state index contributed by atoms with van der Waals surface area (Å²) >= 11 is 5.96. The molecule has 0 spiro atoms. The molecule has 0 amide bonds. The summed E-state index contributed by atoms with van der Waals surface area (Å²) < 4.78 is 31.5. The van der Waals surface area contributed by atoms with Gasteiger partial charge in [-0.25, -0.2) is 8.42 Å². The van der Waals surface area contributed by atoms with Crippen LogP contribution in [0.5, 0.6) is 0 Å². The van der Waals surface area contributed by atoms with Crippen LogP contribution in [0.4, 0.5) is 0 Å². The zero-order chi connectivity index (χ0) is 15.5. The van der Waals surface area contributed by atoms with E-state index in [1.807, 2.05) is 0 Å². The molecule has 0 unspecified atom stereocenters. The summed E-state index contributed by atoms with van der Waals surface area (Å²) in [7, 11) is -2.68. The summed E-state index contributed by atoms with van der Waals surface area (Å²) in [6.07, 6.45) is 0. The van der Waals surface area contributed by atoms with Gasteiger partial charge in [-0.1, -0.05) is 31.5 Å². The van der Waals surface area contributed by atoms with E-state index < -0.39 is 22.0 Å². The molecule has 1 atom stereocenters. The Hall–Kier alpha value is -1.11. The Morgan fingerprint density at radius 1 is 1.35 bits per heavy atom. The van der Waals surface area contributed by atoms with E-state index in [4.69, 9.17) is 11.6 Å². The number of hydrogen-bond acceptors (Lipinski definition) is 4. The second kappa shape index (κ2) is 6.56. The molecule has 112 valence electrons. The Bertz CT molecular complexity index is 598. The van der Waals surface area contributed by atoms with Crippen molar-refractivity contribution in [1.82, 2.24) is 4.72 Å². The van der Waals surface area contributed by atoms with Crippen LogP contribution in [0.3, 0.4) is 0 Å². The van der Waals surface area contributed by atoms with Crippen molar-refractivity contribution in [3.05, 3.63) is 28.8 Å². The van der Waals surface area contributed by atoms with E-state index in [1.165, 1.54) is 13.2 Å². The van der Waals surface area contributed by atoms with E-state index in [0.717, 1.165) is 5.56 Å². The third-order valence-electron chi connectivity index (χ3n) is 2.78. The van der Waals surface area contributed by atoms with Gasteiger partial charge in [0, 0.05) is 0 Å². The van der Waals surface area contributed by atoms with Gasteiger partial charge in [0.15, 0.2) is 0 Å². The van der Waals surface area contributed by atoms with Crippen molar-refractivity contribution in [2.24, 2.45) is 5.92 Å². The van der Waals surface area contributed by atoms with Crippen LogP contribution in [0.2, 0.25) is 5.02 Å². The number of rotatable bonds is 5. The molecule has 0 bridgehead atoms. The van der Waals surface area contributed by atoms with Crippen LogP contribution in [-0.4, -0.2) is 27.5 Å². The fourth-order valence-electron chi connectivity index (χ4n) is 1.64. The molecule has 20 heavy (non-hydrogen) atoms. The second-order valence-electron chi connectivity index (χ2n) is 4.80. The quantitative estimate of drug-likeness (QED) is 0.844. The SMILES string of the molecule is COC(=O)[C@@H](NS(=O)(=O)c1ccc(C)cc1Cl)C(C)C. The van der Waals surface area contributed by atoms with Crippen LogP contribution in [0, 0.1) is 12.8 Å². The summed E-state index contributed by atoms with van der Waals surface area (Å²) in [5, 5.41) is 0.116. The fourth-order valence-corrected chi connectivity index (χ4v) is 3.57. The number of ether oxygens (including phenoxy) is 1. The predicted molar refractivity (Wildman–Crippen MR) is 77.2 cm³/mol. The molecule has 5 nitrogen and oxygen atoms in total. The highest BCUT2D eigenvalue weighted by molar-refractivity contribution is 7.89. The van der Waals surface area contributed by atoms with Crippen molar-refractivity contribution in [3.63, 3.8) is 0 Å². The lowest BCUT2D eigenvalue weighted by atomic mass is 10.1. The number of benzene rings is 1. The third-order valence-corrected chi connectivity index (χ3v) is 4.70. The first-order valence-electron chi connectivity index (χ1n) is 6.05. The molecule has 1 rings (SSSR count). The van der Waals surface area contributed by atoms with Crippen LogP contribution in [0.25, 0.3) is 0 Å². The normalized spacial score (nSPS) is 13.3. The number of carbonyl (C=O) groups is 1. The Morgan fingerprint density at radius 2 is 1.95 bits per heavy atom. The largest absolute Gasteiger partial charge is 0.468 e. The van der Waals surface area contributed by atoms with Crippen molar-refractivity contribution >= 4 is 27.6 Å². The first-order chi connectivity index (χ1) is 9.19. The van der Waals surface area contributed by atoms with E-state index in [9.17, 15) is 13.2 Å². The number of esters is 1. The maximum atomic E-state index is 12.3. The van der Waals surface area contributed by atoms with Crippen LogP contribution in [0.15, 0.2) is 23.1 Å². The number of carbonyl (C=O) groups excluding carboxylic acids is 1. The van der Waals surface area contributed by atoms with Gasteiger partial charge in [-0.15, -0.1) is 0 Å². The predicted octanol–water partition coefficient (Wildman–Crippen LogP) is 2.12. The van der Waals surface area contributed by atoms with Gasteiger partial charge in [0.25, 0.3) is 0 Å². The first kappa shape index (κ1) is 16.9. The molecule has 0 aromatic heterocycles. The Balaban J connectivity index is 3.13. The number of aryl methyl sites for hydroxylation is 1. The van der Waals surface area contributed by atoms with Gasteiger partial charge in [-0.05, 0) is 30.5 Å². The number of methoxy groups -OCH3 is 1. The van der Waals surface area contributed by atoms with Crippen LogP contribution >= 0.6 is 11.6 Å². The molecule has 0 radical (unpaired) electrons. The van der Waals surface area contributed by atoms with Crippen molar-refractivity contribution in [2.45, 2.75) is 31.7 Å². The maximum Gasteiger partial charge on any atom is 0.324 e. The van der Waals surface area contributed by atoms with Gasteiger partial charge in [0.2, 0.25) is 10.0 Å². The average molecular weight is 320 g/mol. The lowest BCUT2D eigenvalue weighted by Gasteiger charge is -2.20. The van der Waals surface area contributed by atoms with Gasteiger partial charge in [-0.2, -0.15) is 4.72 Å². The average Bonchev–Trinajstić information content (AvgIpc) is 2.34. The van der Waals surface area contributed by atoms with Crippen molar-refractivity contribution in [1.29, 1.82) is 0 Å². The molecule has 7 heteroatoms. The van der Waals surface area contributed by atoms with Crippen LogP contribution < -0.4 is 4.72 Å². The zero-order valence-corrected chi connectivity index (χ0v) is 13.4. The lowest BCUT2D eigenvalue weighted by molar-refractivity contribution is -0.143. The van der Waals surface area contributed by atoms with Crippen LogP contribution in [0.1, 0.15) is 19.4 Å². The van der Waals surface area contributed by atoms with Crippen molar-refractivity contribution in [3.8, 4) is 0 Å². The molecule has 1 aromatic carbocycles. The van der Waals surface area contributed by atoms with E-state index in [1.54, 1.807) is 32.9 Å². The molecular formula is C13H18ClNO4S. The fraction of sp³-hybridized carbons (Fsp3) is 0.462. The molecule has 0 fully saturated rings. The zero-order valence-electron chi connectivity index (χ0n) is 11.8. The number of sulfonamides is 1. The van der Waals surface area contributed by atoms with Crippen LogP contribution in [-0.2, 0) is 19.6 Å². The summed E-state index contributed by atoms with van der Waals surface area (Å²) in [5.74, 6) is -0.881. The number of nitrogens with one attached hydrogen (secondary N) is 1. The van der Waals surface area contributed by atoms with Gasteiger partial charge in [-0.3, -0.25) is 4.79 Å². The summed E-state index contributed by atoms with van der Waals surface area (Å²) in [5.41, 5.74) is 0.849. The Kier molecular flexibility index (Phi) is 5.56. The van der Waals surface area contributed by atoms with Gasteiger partial charge >= 0.3 is 5.97 Å². The van der Waals surface area contributed by atoms with Gasteiger partial charge in [0.05, 0.1) is 12.1 Å². The molecule has 0 aliphatic carbocycles. The lowest BCUT2D eigenvalue weighted by Crippen LogP contribution is -2.44. The molecule has 0 saturated heterocycles. The summed E-state index contributed by atoms with van der Waals surface area (Å²) in [6.45, 7) is 5.25. The topological polar surface area (TPSA) is 72.5 Å². The van der Waals surface area contributed by atoms with E-state index >= 15 is 0 Å². The molecule has 0 saturated carbocycles. The molecule has 1 N–H and O–H groups in total. The highest BCUT2D eigenvalue weighted by atomic mass is 35.5. The maximum absolute atomic E-state index is 12.3. The second-order valence-corrected chi connectivity index (χ2v) is 6.89. The van der Waals surface area contributed by atoms with Gasteiger partial charge in [0.1, 0.15) is 10.9 Å². The third kappa shape index (κ3) is 3.94. The molecule has 1 aromatic rings. The first-order valence-corrected chi connectivity index (χ1v) is 7.91. The number of hydrogen-bond donors (Lipinski definition) is 1. The monoisotopic (exact) mass is 319 g/mol. The highest BCUT2D eigenvalue weighted by Gasteiger charge is 2.30. The minimum atomic E-state index is -3.89. The van der Waals surface area contributed by atoms with E-state index in [-0.39, 0.29) is 15.8 Å². The smallest absolute Gasteiger partial charge is 0.324 e. The standard InChI is InChI=1S/C13H18ClNO4S/c1-8(2)12(13(16)19-4)15-20(17,18)11-6-5-9(3)7-10(11)14/h5-8,12,15H,1-4H3/t12-/m0/s1. The van der Waals surface area contributed by atoms with Gasteiger partial charge < -0.3 is 4.74 Å². The molecule has 0 aliphatic rings. The van der Waals surface area contributed by atoms with Crippen molar-refractivity contribution in [2.75, 3.05) is 7.11 Å².